The SMILES string of the molecule is CC(CO)(Nc1ccc(C#N)cc1Br)c1ccccc1. The van der Waals surface area contributed by atoms with E-state index in [1.807, 2.05) is 43.3 Å². The van der Waals surface area contributed by atoms with Gasteiger partial charge in [-0.05, 0) is 46.6 Å². The molecule has 4 heteroatoms. The fraction of sp³-hybridized carbons (Fsp3) is 0.188. The highest BCUT2D eigenvalue weighted by molar-refractivity contribution is 9.10. The molecular weight excluding hydrogens is 316 g/mol. The average Bonchev–Trinajstić information content (AvgIpc) is 2.50. The van der Waals surface area contributed by atoms with E-state index in [0.29, 0.717) is 5.56 Å². The maximum absolute atomic E-state index is 9.76. The highest BCUT2D eigenvalue weighted by Crippen LogP contribution is 2.30. The highest BCUT2D eigenvalue weighted by Gasteiger charge is 2.26. The number of anilines is 1. The quantitative estimate of drug-likeness (QED) is 0.899. The van der Waals surface area contributed by atoms with Gasteiger partial charge in [-0.3, -0.25) is 0 Å². The average molecular weight is 331 g/mol. The van der Waals surface area contributed by atoms with Crippen LogP contribution in [0.1, 0.15) is 18.1 Å². The van der Waals surface area contributed by atoms with Crippen LogP contribution in [0.4, 0.5) is 5.69 Å². The highest BCUT2D eigenvalue weighted by atomic mass is 79.9. The molecule has 0 heterocycles. The van der Waals surface area contributed by atoms with Gasteiger partial charge in [0.25, 0.3) is 0 Å². The predicted molar refractivity (Wildman–Crippen MR) is 83.4 cm³/mol. The van der Waals surface area contributed by atoms with Crippen LogP contribution in [-0.4, -0.2) is 11.7 Å². The van der Waals surface area contributed by atoms with Crippen molar-refractivity contribution >= 4 is 21.6 Å². The first kappa shape index (κ1) is 14.6. The summed E-state index contributed by atoms with van der Waals surface area (Å²) < 4.78 is 0.798. The van der Waals surface area contributed by atoms with Crippen molar-refractivity contribution in [1.29, 1.82) is 5.26 Å². The lowest BCUT2D eigenvalue weighted by Gasteiger charge is -2.31. The van der Waals surface area contributed by atoms with Crippen molar-refractivity contribution in [3.05, 3.63) is 64.1 Å². The van der Waals surface area contributed by atoms with Gasteiger partial charge in [0.2, 0.25) is 0 Å². The molecule has 0 aromatic heterocycles. The van der Waals surface area contributed by atoms with Crippen molar-refractivity contribution in [2.24, 2.45) is 0 Å². The van der Waals surface area contributed by atoms with Crippen LogP contribution in [0, 0.1) is 11.3 Å². The summed E-state index contributed by atoms with van der Waals surface area (Å²) in [7, 11) is 0. The Balaban J connectivity index is 2.34. The van der Waals surface area contributed by atoms with E-state index in [0.717, 1.165) is 15.7 Å². The third kappa shape index (κ3) is 3.01. The Morgan fingerprint density at radius 2 is 1.95 bits per heavy atom. The molecule has 2 rings (SSSR count). The van der Waals surface area contributed by atoms with Crippen LogP contribution >= 0.6 is 15.9 Å². The lowest BCUT2D eigenvalue weighted by Crippen LogP contribution is -2.35. The van der Waals surface area contributed by atoms with Crippen LogP contribution in [0.2, 0.25) is 0 Å². The zero-order chi connectivity index (χ0) is 14.6. The first-order chi connectivity index (χ1) is 9.59. The minimum absolute atomic E-state index is 0.0382. The smallest absolute Gasteiger partial charge is 0.0992 e. The lowest BCUT2D eigenvalue weighted by molar-refractivity contribution is 0.224. The Labute approximate surface area is 127 Å². The number of benzene rings is 2. The molecule has 1 atom stereocenters. The van der Waals surface area contributed by atoms with Gasteiger partial charge in [-0.15, -0.1) is 0 Å². The van der Waals surface area contributed by atoms with Gasteiger partial charge in [0.15, 0.2) is 0 Å². The van der Waals surface area contributed by atoms with Crippen LogP contribution in [0.25, 0.3) is 0 Å². The molecule has 2 aromatic carbocycles. The predicted octanol–water partition coefficient (Wildman–Crippen LogP) is 3.64. The molecule has 20 heavy (non-hydrogen) atoms. The zero-order valence-electron chi connectivity index (χ0n) is 11.1. The number of hydrogen-bond acceptors (Lipinski definition) is 3. The summed E-state index contributed by atoms with van der Waals surface area (Å²) in [6.07, 6.45) is 0. The number of halogens is 1. The number of nitriles is 1. The minimum atomic E-state index is -0.585. The number of hydrogen-bond donors (Lipinski definition) is 2. The van der Waals surface area contributed by atoms with Gasteiger partial charge in [-0.1, -0.05) is 30.3 Å². The Hall–Kier alpha value is -1.83. The Bertz CT molecular complexity index is 637. The van der Waals surface area contributed by atoms with Gasteiger partial charge in [0.05, 0.1) is 23.8 Å². The van der Waals surface area contributed by atoms with Crippen molar-refractivity contribution in [2.45, 2.75) is 12.5 Å². The van der Waals surface area contributed by atoms with Gasteiger partial charge in [-0.25, -0.2) is 0 Å². The maximum Gasteiger partial charge on any atom is 0.0992 e. The summed E-state index contributed by atoms with van der Waals surface area (Å²) in [5, 5.41) is 22.0. The first-order valence-electron chi connectivity index (χ1n) is 6.23. The first-order valence-corrected chi connectivity index (χ1v) is 7.02. The van der Waals surface area contributed by atoms with Gasteiger partial charge < -0.3 is 10.4 Å². The fourth-order valence-electron chi connectivity index (χ4n) is 1.99. The van der Waals surface area contributed by atoms with Crippen LogP contribution in [0.5, 0.6) is 0 Å². The van der Waals surface area contributed by atoms with Crippen molar-refractivity contribution in [3.8, 4) is 6.07 Å². The molecule has 2 aromatic rings. The number of nitrogens with one attached hydrogen (secondary N) is 1. The number of rotatable bonds is 4. The van der Waals surface area contributed by atoms with E-state index in [1.165, 1.54) is 0 Å². The molecule has 0 amide bonds. The molecule has 0 aliphatic rings. The van der Waals surface area contributed by atoms with E-state index >= 15 is 0 Å². The molecule has 2 N–H and O–H groups in total. The third-order valence-corrected chi connectivity index (χ3v) is 3.89. The molecule has 0 aliphatic carbocycles. The number of nitrogens with zero attached hydrogens (tertiary/aromatic N) is 1. The van der Waals surface area contributed by atoms with Gasteiger partial charge in [0.1, 0.15) is 0 Å². The maximum atomic E-state index is 9.76. The van der Waals surface area contributed by atoms with Crippen molar-refractivity contribution in [1.82, 2.24) is 0 Å². The Kier molecular flexibility index (Phi) is 4.43. The monoisotopic (exact) mass is 330 g/mol. The van der Waals surface area contributed by atoms with E-state index in [1.54, 1.807) is 12.1 Å². The molecule has 0 fully saturated rings. The zero-order valence-corrected chi connectivity index (χ0v) is 12.7. The molecule has 0 saturated carbocycles. The van der Waals surface area contributed by atoms with Crippen molar-refractivity contribution in [3.63, 3.8) is 0 Å². The van der Waals surface area contributed by atoms with E-state index in [-0.39, 0.29) is 6.61 Å². The number of aliphatic hydroxyl groups excluding tert-OH is 1. The topological polar surface area (TPSA) is 56.0 Å². The van der Waals surface area contributed by atoms with Crippen LogP contribution in [0.15, 0.2) is 53.0 Å². The van der Waals surface area contributed by atoms with Crippen molar-refractivity contribution in [2.75, 3.05) is 11.9 Å². The lowest BCUT2D eigenvalue weighted by atomic mass is 9.92. The van der Waals surface area contributed by atoms with E-state index < -0.39 is 5.54 Å². The summed E-state index contributed by atoms with van der Waals surface area (Å²) in [4.78, 5) is 0. The second kappa shape index (κ2) is 6.08. The molecule has 0 saturated heterocycles. The summed E-state index contributed by atoms with van der Waals surface area (Å²) in [5.74, 6) is 0. The normalized spacial score (nSPS) is 13.3. The summed E-state index contributed by atoms with van der Waals surface area (Å²) in [6.45, 7) is 1.90. The van der Waals surface area contributed by atoms with E-state index in [9.17, 15) is 5.11 Å². The Morgan fingerprint density at radius 1 is 1.25 bits per heavy atom. The second-order valence-electron chi connectivity index (χ2n) is 4.79. The van der Waals surface area contributed by atoms with Crippen molar-refractivity contribution < 1.29 is 5.11 Å². The second-order valence-corrected chi connectivity index (χ2v) is 5.64. The third-order valence-electron chi connectivity index (χ3n) is 3.24. The summed E-state index contributed by atoms with van der Waals surface area (Å²) in [5.41, 5.74) is 1.84. The van der Waals surface area contributed by atoms with Crippen LogP contribution < -0.4 is 5.32 Å². The number of aliphatic hydroxyl groups is 1. The molecule has 1 unspecified atom stereocenters. The van der Waals surface area contributed by atoms with Crippen LogP contribution in [-0.2, 0) is 5.54 Å². The van der Waals surface area contributed by atoms with E-state index in [2.05, 4.69) is 27.3 Å². The summed E-state index contributed by atoms with van der Waals surface area (Å²) >= 11 is 3.45. The fourth-order valence-corrected chi connectivity index (χ4v) is 2.47. The molecule has 3 nitrogen and oxygen atoms in total. The molecule has 0 aliphatic heterocycles. The van der Waals surface area contributed by atoms with Crippen LogP contribution in [0.3, 0.4) is 0 Å². The Morgan fingerprint density at radius 3 is 2.50 bits per heavy atom. The van der Waals surface area contributed by atoms with E-state index in [4.69, 9.17) is 5.26 Å². The molecule has 0 radical (unpaired) electrons. The van der Waals surface area contributed by atoms with Gasteiger partial charge in [0, 0.05) is 10.2 Å². The standard InChI is InChI=1S/C16H15BrN2O/c1-16(11-20,13-5-3-2-4-6-13)19-15-8-7-12(10-18)9-14(15)17/h2-9,19-20H,11H2,1H3. The molecular formula is C16H15BrN2O. The largest absolute Gasteiger partial charge is 0.394 e. The summed E-state index contributed by atoms with van der Waals surface area (Å²) in [6, 6.07) is 17.2. The van der Waals surface area contributed by atoms with Gasteiger partial charge in [-0.2, -0.15) is 5.26 Å². The minimum Gasteiger partial charge on any atom is -0.394 e. The molecule has 0 spiro atoms. The van der Waals surface area contributed by atoms with Gasteiger partial charge >= 0.3 is 0 Å². The molecule has 0 bridgehead atoms. The molecule has 102 valence electrons.